The predicted molar refractivity (Wildman–Crippen MR) is 152 cm³/mol. The molecule has 0 aliphatic carbocycles. The molecule has 1 aliphatic rings. The zero-order valence-electron chi connectivity index (χ0n) is 22.8. The molecule has 0 saturated heterocycles. The topological polar surface area (TPSA) is 159 Å². The van der Waals surface area contributed by atoms with Crippen LogP contribution in [0.3, 0.4) is 0 Å². The Morgan fingerprint density at radius 3 is 2.26 bits per heavy atom. The normalized spacial score (nSPS) is 16.4. The molecule has 0 fully saturated rings. The highest BCUT2D eigenvalue weighted by atomic mass is 35.5. The molecule has 0 aromatic heterocycles. The lowest BCUT2D eigenvalue weighted by molar-refractivity contribution is -0.131. The standard InChI is InChI=1S/C27H36ClN4O6P/c1-14(2)9-16(24(33)31-21(10-15(3)4)25(34)30-5)12-39(37,38)13-32-26(35)18-8-6-7-17-22(18)19(27(32)36)11-20(28)23(17)29/h6-8,11,14-16,21H,9-10,12-13,29H2,1-5H3,(H,30,34)(H,31,33)(H,37,38)/t16?,21-/m0/s1. The molecule has 2 aromatic rings. The summed E-state index contributed by atoms with van der Waals surface area (Å²) in [5, 5.41) is 6.19. The molecule has 0 bridgehead atoms. The number of rotatable bonds is 11. The Morgan fingerprint density at radius 1 is 1.05 bits per heavy atom. The number of carbonyl (C=O) groups is 4. The Hall–Kier alpha value is -2.94. The van der Waals surface area contributed by atoms with E-state index in [2.05, 4.69) is 10.6 Å². The number of imide groups is 1. The molecule has 1 heterocycles. The van der Waals surface area contributed by atoms with Gasteiger partial charge in [0.1, 0.15) is 12.3 Å². The van der Waals surface area contributed by atoms with E-state index in [1.807, 2.05) is 27.7 Å². The van der Waals surface area contributed by atoms with Crippen LogP contribution in [0.1, 0.15) is 61.3 Å². The van der Waals surface area contributed by atoms with Gasteiger partial charge in [-0.15, -0.1) is 0 Å². The Labute approximate surface area is 233 Å². The molecule has 2 unspecified atom stereocenters. The number of amides is 4. The first-order valence-corrected chi connectivity index (χ1v) is 15.3. The summed E-state index contributed by atoms with van der Waals surface area (Å²) in [5.74, 6) is -3.17. The molecule has 10 nitrogen and oxygen atoms in total. The maximum Gasteiger partial charge on any atom is 0.261 e. The van der Waals surface area contributed by atoms with Gasteiger partial charge < -0.3 is 21.3 Å². The average Bonchev–Trinajstić information content (AvgIpc) is 2.85. The van der Waals surface area contributed by atoms with Gasteiger partial charge in [-0.3, -0.25) is 28.6 Å². The highest BCUT2D eigenvalue weighted by Crippen LogP contribution is 2.46. The Balaban J connectivity index is 1.87. The van der Waals surface area contributed by atoms with Crippen LogP contribution in [0.5, 0.6) is 0 Å². The van der Waals surface area contributed by atoms with E-state index in [0.717, 1.165) is 4.90 Å². The van der Waals surface area contributed by atoms with Gasteiger partial charge in [-0.2, -0.15) is 0 Å². The van der Waals surface area contributed by atoms with E-state index >= 15 is 0 Å². The molecule has 0 spiro atoms. The molecule has 0 radical (unpaired) electrons. The van der Waals surface area contributed by atoms with Gasteiger partial charge in [0.05, 0.1) is 16.3 Å². The number of hydrogen-bond acceptors (Lipinski definition) is 6. The predicted octanol–water partition coefficient (Wildman–Crippen LogP) is 3.84. The van der Waals surface area contributed by atoms with E-state index in [-0.39, 0.29) is 46.0 Å². The van der Waals surface area contributed by atoms with Crippen molar-refractivity contribution in [2.45, 2.75) is 46.6 Å². The summed E-state index contributed by atoms with van der Waals surface area (Å²) in [6, 6.07) is 5.33. The third kappa shape index (κ3) is 6.80. The summed E-state index contributed by atoms with van der Waals surface area (Å²) < 4.78 is 13.5. The van der Waals surface area contributed by atoms with Crippen LogP contribution in [0.4, 0.5) is 5.69 Å². The van der Waals surface area contributed by atoms with Crippen molar-refractivity contribution < 1.29 is 28.6 Å². The highest BCUT2D eigenvalue weighted by molar-refractivity contribution is 7.58. The second-order valence-electron chi connectivity index (χ2n) is 10.9. The van der Waals surface area contributed by atoms with E-state index in [1.54, 1.807) is 12.1 Å². The van der Waals surface area contributed by atoms with Crippen molar-refractivity contribution in [3.05, 3.63) is 40.4 Å². The van der Waals surface area contributed by atoms with Crippen molar-refractivity contribution in [1.29, 1.82) is 0 Å². The van der Waals surface area contributed by atoms with Crippen molar-refractivity contribution in [2.24, 2.45) is 17.8 Å². The van der Waals surface area contributed by atoms with Crippen molar-refractivity contribution in [3.63, 3.8) is 0 Å². The number of nitrogens with one attached hydrogen (secondary N) is 2. The van der Waals surface area contributed by atoms with E-state index in [0.29, 0.717) is 17.2 Å². The molecule has 2 aromatic carbocycles. The fourth-order valence-corrected chi connectivity index (χ4v) is 6.98. The Morgan fingerprint density at radius 2 is 1.67 bits per heavy atom. The SMILES string of the molecule is CNC(=O)[C@H](CC(C)C)NC(=O)C(CC(C)C)CP(=O)(O)CN1C(=O)c2cccc3c(N)c(Cl)cc(c23)C1=O. The minimum atomic E-state index is -4.25. The van der Waals surface area contributed by atoms with Gasteiger partial charge >= 0.3 is 0 Å². The lowest BCUT2D eigenvalue weighted by atomic mass is 9.93. The van der Waals surface area contributed by atoms with Gasteiger partial charge in [-0.1, -0.05) is 51.4 Å². The Kier molecular flexibility index (Phi) is 9.47. The summed E-state index contributed by atoms with van der Waals surface area (Å²) in [7, 11) is -2.77. The molecular formula is C27H36ClN4O6P. The van der Waals surface area contributed by atoms with Gasteiger partial charge in [-0.05, 0) is 36.8 Å². The number of nitrogens with zero attached hydrogens (tertiary/aromatic N) is 1. The molecule has 5 N–H and O–H groups in total. The molecular weight excluding hydrogens is 543 g/mol. The fraction of sp³-hybridized carbons (Fsp3) is 0.481. The number of nitrogen functional groups attached to an aromatic ring is 1. The molecule has 212 valence electrons. The molecule has 4 amide bonds. The monoisotopic (exact) mass is 578 g/mol. The highest BCUT2D eigenvalue weighted by Gasteiger charge is 2.40. The zero-order chi connectivity index (χ0) is 29.2. The molecule has 12 heteroatoms. The summed E-state index contributed by atoms with van der Waals surface area (Å²) >= 11 is 6.23. The van der Waals surface area contributed by atoms with Crippen molar-refractivity contribution in [3.8, 4) is 0 Å². The first-order chi connectivity index (χ1) is 18.2. The molecule has 39 heavy (non-hydrogen) atoms. The maximum absolute atomic E-state index is 13.5. The number of halogens is 1. The minimum Gasteiger partial charge on any atom is -0.397 e. The molecule has 3 atom stereocenters. The van der Waals surface area contributed by atoms with Crippen LogP contribution < -0.4 is 16.4 Å². The van der Waals surface area contributed by atoms with Crippen LogP contribution in [0.15, 0.2) is 24.3 Å². The summed E-state index contributed by atoms with van der Waals surface area (Å²) in [6.45, 7) is 7.58. The van der Waals surface area contributed by atoms with Gasteiger partial charge in [0.15, 0.2) is 0 Å². The number of carbonyl (C=O) groups excluding carboxylic acids is 4. The average molecular weight is 579 g/mol. The second kappa shape index (κ2) is 12.1. The van der Waals surface area contributed by atoms with E-state index in [1.165, 1.54) is 19.2 Å². The largest absolute Gasteiger partial charge is 0.397 e. The number of anilines is 1. The van der Waals surface area contributed by atoms with Crippen LogP contribution >= 0.6 is 19.0 Å². The smallest absolute Gasteiger partial charge is 0.261 e. The van der Waals surface area contributed by atoms with Crippen molar-refractivity contribution in [1.82, 2.24) is 15.5 Å². The number of likely N-dealkylation sites (N-methyl/N-ethyl adjacent to an activating group) is 1. The third-order valence-electron chi connectivity index (χ3n) is 6.68. The summed E-state index contributed by atoms with van der Waals surface area (Å²) in [5.41, 5.74) is 6.57. The zero-order valence-corrected chi connectivity index (χ0v) is 24.4. The maximum atomic E-state index is 13.5. The van der Waals surface area contributed by atoms with E-state index in [9.17, 15) is 28.6 Å². The van der Waals surface area contributed by atoms with Crippen LogP contribution in [0, 0.1) is 17.8 Å². The second-order valence-corrected chi connectivity index (χ2v) is 13.6. The van der Waals surface area contributed by atoms with Crippen LogP contribution in [0.25, 0.3) is 10.8 Å². The number of benzene rings is 2. The first kappa shape index (κ1) is 30.6. The molecule has 3 rings (SSSR count). The van der Waals surface area contributed by atoms with Crippen molar-refractivity contribution >= 4 is 59.1 Å². The van der Waals surface area contributed by atoms with Crippen LogP contribution in [-0.4, -0.2) is 59.0 Å². The minimum absolute atomic E-state index is 0.000342. The lowest BCUT2D eigenvalue weighted by Gasteiger charge is -2.30. The summed E-state index contributed by atoms with van der Waals surface area (Å²) in [6.07, 6.45) is -0.562. The fourth-order valence-electron chi connectivity index (χ4n) is 4.95. The van der Waals surface area contributed by atoms with Gasteiger partial charge in [0.25, 0.3) is 11.8 Å². The molecule has 0 saturated carbocycles. The van der Waals surface area contributed by atoms with Crippen molar-refractivity contribution in [2.75, 3.05) is 25.2 Å². The van der Waals surface area contributed by atoms with Gasteiger partial charge in [0, 0.05) is 35.5 Å². The lowest BCUT2D eigenvalue weighted by Crippen LogP contribution is -2.49. The van der Waals surface area contributed by atoms with Gasteiger partial charge in [-0.25, -0.2) is 0 Å². The van der Waals surface area contributed by atoms with E-state index in [4.69, 9.17) is 17.3 Å². The Bertz CT molecular complexity index is 1360. The third-order valence-corrected chi connectivity index (χ3v) is 8.73. The first-order valence-electron chi connectivity index (χ1n) is 12.9. The number of hydrogen-bond donors (Lipinski definition) is 4. The van der Waals surface area contributed by atoms with E-state index < -0.39 is 49.5 Å². The van der Waals surface area contributed by atoms with Crippen LogP contribution in [-0.2, 0) is 14.2 Å². The quantitative estimate of drug-likeness (QED) is 0.179. The summed E-state index contributed by atoms with van der Waals surface area (Å²) in [4.78, 5) is 64.0. The van der Waals surface area contributed by atoms with Gasteiger partial charge in [0.2, 0.25) is 19.2 Å². The number of nitrogens with two attached hydrogens (primary N) is 1. The molecule has 1 aliphatic heterocycles. The van der Waals surface area contributed by atoms with Crippen LogP contribution in [0.2, 0.25) is 5.02 Å².